The Kier molecular flexibility index (Phi) is 32.6. The highest BCUT2D eigenvalue weighted by molar-refractivity contribution is 7.51. The first kappa shape index (κ1) is 71.9. The van der Waals surface area contributed by atoms with Crippen molar-refractivity contribution in [3.8, 4) is 0 Å². The zero-order valence-electron chi connectivity index (χ0n) is 50.9. The van der Waals surface area contributed by atoms with Gasteiger partial charge in [0.05, 0.1) is 23.8 Å². The summed E-state index contributed by atoms with van der Waals surface area (Å²) >= 11 is 5.72. The van der Waals surface area contributed by atoms with Gasteiger partial charge >= 0.3 is 31.6 Å². The van der Waals surface area contributed by atoms with E-state index in [-0.39, 0.29) is 94.7 Å². The summed E-state index contributed by atoms with van der Waals surface area (Å²) in [6.07, 6.45) is 5.82. The lowest BCUT2D eigenvalue weighted by Crippen LogP contribution is -2.44. The fraction of sp³-hybridized carbons (Fsp3) is 0.382. The molecular weight excluding hydrogens is 1210 g/mol. The Bertz CT molecular complexity index is 3220. The predicted molar refractivity (Wildman–Crippen MR) is 340 cm³/mol. The van der Waals surface area contributed by atoms with Gasteiger partial charge in [0.1, 0.15) is 44.6 Å². The van der Waals surface area contributed by atoms with Crippen LogP contribution in [0.5, 0.6) is 0 Å². The van der Waals surface area contributed by atoms with Crippen LogP contribution in [0.1, 0.15) is 128 Å². The van der Waals surface area contributed by atoms with Crippen molar-refractivity contribution < 1.29 is 70.5 Å². The molecule has 0 spiro atoms. The Morgan fingerprint density at radius 2 is 0.934 bits per heavy atom. The number of halogens is 2. The Morgan fingerprint density at radius 3 is 1.47 bits per heavy atom. The average molecular weight is 1290 g/mol. The molecule has 0 saturated carbocycles. The minimum atomic E-state index is -4.46. The molecule has 6 aromatic rings. The standard InChI is InChI=1S/C68H81ClFN6O14P/c69-57-44-56(45-74-64(57)70)65(80)73-42-22-8-19-35-61(77)72-41-21-2-1-20-40-71-58(66(81)86-47-52-26-11-4-12-27-52)36-38-62(78)75-59(67(82)87-48-53-28-13-5-14-29-53)34-23-43-89-91(84,90-50-55-32-17-7-18-33-55)76-60(68(83)88-49-54-30-15-6-16-31-54)37-39-63(79)85-46-51-24-9-3-10-25-51/h3-7,9-18,24-33,44-45,58-60,71H,1-2,8,19-23,34-43,46-50H2,(H,72,77)(H,73,80)(H,75,78)(H,76,84). The predicted octanol–water partition coefficient (Wildman–Crippen LogP) is 10.9. The fourth-order valence-corrected chi connectivity index (χ4v) is 10.7. The van der Waals surface area contributed by atoms with E-state index in [1.54, 1.807) is 78.9 Å². The maximum absolute atomic E-state index is 14.8. The molecule has 1 heterocycles. The van der Waals surface area contributed by atoms with Crippen molar-refractivity contribution in [2.24, 2.45) is 0 Å². The molecule has 0 aliphatic carbocycles. The molecule has 486 valence electrons. The molecule has 5 N–H and O–H groups in total. The van der Waals surface area contributed by atoms with Crippen molar-refractivity contribution in [2.75, 3.05) is 26.2 Å². The van der Waals surface area contributed by atoms with Crippen LogP contribution in [0.2, 0.25) is 5.02 Å². The third-order valence-corrected chi connectivity index (χ3v) is 16.0. The number of benzene rings is 5. The number of pyridine rings is 1. The molecule has 6 rings (SSSR count). The van der Waals surface area contributed by atoms with Gasteiger partial charge in [-0.2, -0.15) is 4.39 Å². The van der Waals surface area contributed by atoms with Gasteiger partial charge in [-0.15, -0.1) is 0 Å². The van der Waals surface area contributed by atoms with Gasteiger partial charge in [-0.3, -0.25) is 37.8 Å². The number of hydrogen-bond donors (Lipinski definition) is 5. The van der Waals surface area contributed by atoms with Crippen LogP contribution in [-0.4, -0.2) is 90.9 Å². The first-order valence-corrected chi connectivity index (χ1v) is 32.5. The maximum atomic E-state index is 14.8. The van der Waals surface area contributed by atoms with Gasteiger partial charge in [-0.1, -0.05) is 183 Å². The van der Waals surface area contributed by atoms with Crippen molar-refractivity contribution in [2.45, 2.75) is 141 Å². The van der Waals surface area contributed by atoms with Crippen molar-refractivity contribution in [3.05, 3.63) is 208 Å². The molecule has 0 saturated heterocycles. The van der Waals surface area contributed by atoms with E-state index in [2.05, 4.69) is 31.3 Å². The number of nitrogens with zero attached hydrogens (tertiary/aromatic N) is 1. The van der Waals surface area contributed by atoms with Gasteiger partial charge in [0, 0.05) is 38.5 Å². The third kappa shape index (κ3) is 29.1. The summed E-state index contributed by atoms with van der Waals surface area (Å²) in [6.45, 7) is 0.615. The number of aromatic nitrogens is 1. The van der Waals surface area contributed by atoms with Gasteiger partial charge in [0.15, 0.2) is 0 Å². The van der Waals surface area contributed by atoms with Crippen LogP contribution in [-0.2, 0) is 94.4 Å². The van der Waals surface area contributed by atoms with E-state index < -0.39 is 67.5 Å². The first-order chi connectivity index (χ1) is 44.2. The Hall–Kier alpha value is -8.17. The first-order valence-electron chi connectivity index (χ1n) is 30.6. The van der Waals surface area contributed by atoms with Gasteiger partial charge in [0.25, 0.3) is 5.91 Å². The zero-order valence-corrected chi connectivity index (χ0v) is 52.6. The largest absolute Gasteiger partial charge is 0.461 e. The van der Waals surface area contributed by atoms with E-state index in [9.17, 15) is 42.5 Å². The summed E-state index contributed by atoms with van der Waals surface area (Å²) in [4.78, 5) is 96.4. The molecule has 0 bridgehead atoms. The smallest absolute Gasteiger partial charge is 0.406 e. The zero-order chi connectivity index (χ0) is 64.7. The monoisotopic (exact) mass is 1290 g/mol. The second-order valence-corrected chi connectivity index (χ2v) is 23.5. The summed E-state index contributed by atoms with van der Waals surface area (Å²) in [5.74, 6) is -4.63. The SMILES string of the molecule is O=C(CCCCCNC(=O)c1cnc(F)c(Cl)c1)NCCCCCCNC(CCC(=O)NC(CCCOP(=O)(NC(CCC(=O)OCc1ccccc1)C(=O)OCc1ccccc1)OCc1ccccc1)C(=O)OCc1ccccc1)C(=O)OCc1ccccc1. The van der Waals surface area contributed by atoms with Crippen LogP contribution in [0.4, 0.5) is 4.39 Å². The van der Waals surface area contributed by atoms with E-state index in [4.69, 9.17) is 39.6 Å². The lowest BCUT2D eigenvalue weighted by molar-refractivity contribution is -0.150. The summed E-state index contributed by atoms with van der Waals surface area (Å²) in [6, 6.07) is 42.8. The molecule has 0 aliphatic rings. The number of hydrogen-bond acceptors (Lipinski definition) is 16. The number of esters is 4. The van der Waals surface area contributed by atoms with Gasteiger partial charge in [-0.25, -0.2) is 19.4 Å². The highest BCUT2D eigenvalue weighted by Crippen LogP contribution is 2.46. The normalized spacial score (nSPS) is 12.7. The second-order valence-electron chi connectivity index (χ2n) is 21.4. The molecule has 23 heteroatoms. The van der Waals surface area contributed by atoms with Crippen molar-refractivity contribution >= 4 is 60.9 Å². The minimum Gasteiger partial charge on any atom is -0.461 e. The molecule has 5 aromatic carbocycles. The van der Waals surface area contributed by atoms with Crippen LogP contribution in [0, 0.1) is 5.95 Å². The third-order valence-electron chi connectivity index (χ3n) is 14.1. The molecule has 20 nitrogen and oxygen atoms in total. The number of carbonyl (C=O) groups is 7. The van der Waals surface area contributed by atoms with Gasteiger partial charge in [0.2, 0.25) is 17.8 Å². The number of rotatable bonds is 43. The van der Waals surface area contributed by atoms with Crippen LogP contribution in [0.25, 0.3) is 0 Å². The number of ether oxygens (including phenoxy) is 4. The summed E-state index contributed by atoms with van der Waals surface area (Å²) < 4.78 is 62.6. The molecule has 0 aliphatic heterocycles. The number of nitrogens with one attached hydrogen (secondary N) is 5. The molecule has 0 fully saturated rings. The van der Waals surface area contributed by atoms with Crippen LogP contribution in [0.15, 0.2) is 164 Å². The van der Waals surface area contributed by atoms with E-state index >= 15 is 0 Å². The molecule has 4 atom stereocenters. The molecule has 3 amide bonds. The number of amides is 3. The van der Waals surface area contributed by atoms with Gasteiger partial charge in [-0.05, 0) is 91.8 Å². The van der Waals surface area contributed by atoms with E-state index in [1.165, 1.54) is 6.07 Å². The highest BCUT2D eigenvalue weighted by Gasteiger charge is 2.35. The Labute approximate surface area is 536 Å². The number of carbonyl (C=O) groups excluding carboxylic acids is 7. The topological polar surface area (TPSA) is 265 Å². The lowest BCUT2D eigenvalue weighted by atomic mass is 10.1. The highest BCUT2D eigenvalue weighted by atomic mass is 35.5. The number of unbranched alkanes of at least 4 members (excludes halogenated alkanes) is 5. The summed E-state index contributed by atoms with van der Waals surface area (Å²) in [5.41, 5.74) is 3.75. The van der Waals surface area contributed by atoms with Crippen molar-refractivity contribution in [1.82, 2.24) is 31.3 Å². The Balaban J connectivity index is 1.01. The van der Waals surface area contributed by atoms with E-state index in [0.717, 1.165) is 43.0 Å². The van der Waals surface area contributed by atoms with Crippen LogP contribution >= 0.6 is 19.3 Å². The fourth-order valence-electron chi connectivity index (χ4n) is 9.03. The summed E-state index contributed by atoms with van der Waals surface area (Å²) in [7, 11) is -4.46. The van der Waals surface area contributed by atoms with Crippen molar-refractivity contribution in [1.29, 1.82) is 0 Å². The molecular formula is C68H81ClFN6O14P. The quantitative estimate of drug-likeness (QED) is 0.00783. The maximum Gasteiger partial charge on any atom is 0.406 e. The second kappa shape index (κ2) is 41.3. The molecule has 4 unspecified atom stereocenters. The minimum absolute atomic E-state index is 0.00599. The van der Waals surface area contributed by atoms with E-state index in [1.807, 2.05) is 72.8 Å². The molecule has 0 radical (unpaired) electrons. The van der Waals surface area contributed by atoms with Crippen molar-refractivity contribution in [3.63, 3.8) is 0 Å². The van der Waals surface area contributed by atoms with E-state index in [0.29, 0.717) is 62.0 Å². The van der Waals surface area contributed by atoms with Crippen LogP contribution in [0.3, 0.4) is 0 Å². The Morgan fingerprint density at radius 1 is 0.473 bits per heavy atom. The van der Waals surface area contributed by atoms with Gasteiger partial charge < -0.3 is 40.2 Å². The average Bonchev–Trinajstić information content (AvgIpc) is 3.68. The molecule has 91 heavy (non-hydrogen) atoms. The van der Waals surface area contributed by atoms with Crippen LogP contribution < -0.4 is 26.4 Å². The molecule has 1 aromatic heterocycles. The summed E-state index contributed by atoms with van der Waals surface area (Å²) in [5, 5.41) is 14.2. The lowest BCUT2D eigenvalue weighted by Gasteiger charge is -2.25.